The van der Waals surface area contributed by atoms with Crippen LogP contribution in [0.3, 0.4) is 0 Å². The maximum atomic E-state index is 11.9. The van der Waals surface area contributed by atoms with Crippen LogP contribution in [0.25, 0.3) is 22.1 Å². The van der Waals surface area contributed by atoms with Gasteiger partial charge in [0.2, 0.25) is 0 Å². The van der Waals surface area contributed by atoms with E-state index in [0.717, 1.165) is 5.56 Å². The lowest BCUT2D eigenvalue weighted by Crippen LogP contribution is -2.37. The highest BCUT2D eigenvalue weighted by Crippen LogP contribution is 2.24. The predicted octanol–water partition coefficient (Wildman–Crippen LogP) is 0.623. The smallest absolute Gasteiger partial charge is 0.266 e. The quantitative estimate of drug-likeness (QED) is 0.605. The molecule has 0 radical (unpaired) electrons. The summed E-state index contributed by atoms with van der Waals surface area (Å²) in [6, 6.07) is 8.23. The Morgan fingerprint density at radius 3 is 2.92 bits per heavy atom. The largest absolute Gasteiger partial charge is 0.377 e. The molecule has 26 heavy (non-hydrogen) atoms. The first-order valence-electron chi connectivity index (χ1n) is 7.81. The summed E-state index contributed by atoms with van der Waals surface area (Å²) >= 11 is 1.17. The van der Waals surface area contributed by atoms with Crippen LogP contribution < -0.4 is 10.9 Å². The molecule has 1 atom stereocenters. The molecule has 9 nitrogen and oxygen atoms in total. The van der Waals surface area contributed by atoms with E-state index in [9.17, 15) is 9.90 Å². The Morgan fingerprint density at radius 1 is 1.38 bits per heavy atom. The van der Waals surface area contributed by atoms with Gasteiger partial charge in [-0.25, -0.2) is 14.6 Å². The van der Waals surface area contributed by atoms with Crippen molar-refractivity contribution in [3.63, 3.8) is 0 Å². The van der Waals surface area contributed by atoms with Gasteiger partial charge >= 0.3 is 0 Å². The molecular weight excluding hydrogens is 354 g/mol. The van der Waals surface area contributed by atoms with E-state index in [-0.39, 0.29) is 12.1 Å². The first-order valence-corrected chi connectivity index (χ1v) is 8.58. The van der Waals surface area contributed by atoms with Crippen LogP contribution in [-0.2, 0) is 6.54 Å². The third-order valence-corrected chi connectivity index (χ3v) is 4.20. The molecule has 0 spiro atoms. The topological polar surface area (TPSA) is 130 Å². The van der Waals surface area contributed by atoms with Gasteiger partial charge in [0.15, 0.2) is 5.82 Å². The van der Waals surface area contributed by atoms with Gasteiger partial charge in [0, 0.05) is 17.8 Å². The van der Waals surface area contributed by atoms with Gasteiger partial charge < -0.3 is 5.11 Å². The highest BCUT2D eigenvalue weighted by Gasteiger charge is 2.13. The Kier molecular flexibility index (Phi) is 5.43. The highest BCUT2D eigenvalue weighted by atomic mass is 32.1. The molecule has 3 heterocycles. The van der Waals surface area contributed by atoms with E-state index in [2.05, 4.69) is 24.8 Å². The second-order valence-corrected chi connectivity index (χ2v) is 6.03. The van der Waals surface area contributed by atoms with Crippen LogP contribution in [0.1, 0.15) is 12.6 Å². The van der Waals surface area contributed by atoms with Crippen molar-refractivity contribution in [3.8, 4) is 28.2 Å². The number of rotatable bonds is 6. The number of hydrogen-bond donors (Lipinski definition) is 2. The van der Waals surface area contributed by atoms with E-state index < -0.39 is 6.23 Å². The van der Waals surface area contributed by atoms with Crippen LogP contribution in [0, 0.1) is 11.3 Å². The lowest BCUT2D eigenvalue weighted by Gasteiger charge is -2.12. The van der Waals surface area contributed by atoms with Crippen molar-refractivity contribution in [1.29, 1.82) is 5.26 Å². The molecule has 0 saturated carbocycles. The number of likely N-dealkylation sites (N-methyl/N-ethyl adjacent to an activating group) is 1. The fourth-order valence-electron chi connectivity index (χ4n) is 2.19. The molecule has 3 rings (SSSR count). The lowest BCUT2D eigenvalue weighted by molar-refractivity contribution is 0.114. The predicted molar refractivity (Wildman–Crippen MR) is 95.0 cm³/mol. The molecule has 0 fully saturated rings. The number of hydrogen-bond acceptors (Lipinski definition) is 9. The van der Waals surface area contributed by atoms with Gasteiger partial charge in [0.05, 0.1) is 6.54 Å². The van der Waals surface area contributed by atoms with Gasteiger partial charge in [0.1, 0.15) is 28.7 Å². The van der Waals surface area contributed by atoms with Gasteiger partial charge in [-0.3, -0.25) is 10.1 Å². The van der Waals surface area contributed by atoms with Crippen molar-refractivity contribution in [3.05, 3.63) is 46.5 Å². The summed E-state index contributed by atoms with van der Waals surface area (Å²) in [5.41, 5.74) is 1.17. The second kappa shape index (κ2) is 7.92. The fraction of sp³-hybridized carbons (Fsp3) is 0.250. The fourth-order valence-corrected chi connectivity index (χ4v) is 2.85. The summed E-state index contributed by atoms with van der Waals surface area (Å²) in [5, 5.41) is 26.3. The van der Waals surface area contributed by atoms with Gasteiger partial charge in [-0.15, -0.1) is 0 Å². The Labute approximate surface area is 152 Å². The maximum absolute atomic E-state index is 11.9. The van der Waals surface area contributed by atoms with Gasteiger partial charge in [0.25, 0.3) is 5.56 Å². The molecule has 132 valence electrons. The van der Waals surface area contributed by atoms with Crippen LogP contribution in [0.4, 0.5) is 0 Å². The van der Waals surface area contributed by atoms with E-state index in [1.807, 2.05) is 13.0 Å². The van der Waals surface area contributed by atoms with Crippen molar-refractivity contribution < 1.29 is 5.11 Å². The zero-order valence-corrected chi connectivity index (χ0v) is 14.6. The van der Waals surface area contributed by atoms with Crippen LogP contribution in [0.5, 0.6) is 0 Å². The molecule has 10 heteroatoms. The van der Waals surface area contributed by atoms with Gasteiger partial charge in [-0.2, -0.15) is 14.7 Å². The Morgan fingerprint density at radius 2 is 2.23 bits per heavy atom. The number of nitriles is 1. The molecular formula is C16H15N7O2S. The van der Waals surface area contributed by atoms with E-state index in [0.29, 0.717) is 28.8 Å². The van der Waals surface area contributed by atoms with E-state index >= 15 is 0 Å². The molecule has 2 N–H and O–H groups in total. The molecule has 0 aliphatic carbocycles. The number of pyridine rings is 1. The highest BCUT2D eigenvalue weighted by molar-refractivity contribution is 7.09. The minimum absolute atomic E-state index is 0.0249. The number of aliphatic hydroxyl groups is 1. The summed E-state index contributed by atoms with van der Waals surface area (Å²) in [4.78, 5) is 20.4. The molecule has 1 unspecified atom stereocenters. The van der Waals surface area contributed by atoms with E-state index in [4.69, 9.17) is 5.26 Å². The summed E-state index contributed by atoms with van der Waals surface area (Å²) in [7, 11) is 0. The molecule has 0 aliphatic rings. The first kappa shape index (κ1) is 17.8. The number of nitrogens with one attached hydrogen (secondary N) is 1. The number of nitrogens with zero attached hydrogens (tertiary/aromatic N) is 6. The van der Waals surface area contributed by atoms with E-state index in [1.165, 1.54) is 22.3 Å². The molecule has 0 aliphatic heterocycles. The Balaban J connectivity index is 1.86. The van der Waals surface area contributed by atoms with Crippen LogP contribution in [-0.4, -0.2) is 42.0 Å². The monoisotopic (exact) mass is 369 g/mol. The molecule has 3 aromatic heterocycles. The maximum Gasteiger partial charge on any atom is 0.266 e. The molecule has 3 aromatic rings. The lowest BCUT2D eigenvalue weighted by atomic mass is 10.2. The zero-order chi connectivity index (χ0) is 18.5. The SMILES string of the molecule is CCNC(O)Cn1nc(-c2nsc(-c3ccc(C#N)nc3)n2)ccc1=O. The molecule has 0 bridgehead atoms. The molecule has 0 saturated heterocycles. The van der Waals surface area contributed by atoms with Gasteiger partial charge in [-0.05, 0) is 36.3 Å². The summed E-state index contributed by atoms with van der Waals surface area (Å²) in [5.74, 6) is 0.376. The number of aliphatic hydroxyl groups excluding tert-OH is 1. The average Bonchev–Trinajstić information content (AvgIpc) is 3.14. The summed E-state index contributed by atoms with van der Waals surface area (Å²) in [6.07, 6.45) is 0.688. The van der Waals surface area contributed by atoms with Crippen molar-refractivity contribution in [2.24, 2.45) is 0 Å². The van der Waals surface area contributed by atoms with Crippen molar-refractivity contribution in [2.45, 2.75) is 19.7 Å². The Bertz CT molecular complexity index is 991. The third kappa shape index (κ3) is 3.97. The van der Waals surface area contributed by atoms with E-state index in [1.54, 1.807) is 24.4 Å². The average molecular weight is 369 g/mol. The zero-order valence-electron chi connectivity index (χ0n) is 13.8. The third-order valence-electron chi connectivity index (χ3n) is 3.43. The van der Waals surface area contributed by atoms with Crippen molar-refractivity contribution in [1.82, 2.24) is 29.4 Å². The molecule has 0 amide bonds. The molecule has 0 aromatic carbocycles. The first-order chi connectivity index (χ1) is 12.6. The minimum atomic E-state index is -0.871. The standard InChI is InChI=1S/C16H15N7O2S/c1-2-18-13(24)9-23-14(25)6-5-12(21-23)15-20-16(26-22-15)10-3-4-11(7-17)19-8-10/h3-6,8,13,18,24H,2,9H2,1H3. The van der Waals surface area contributed by atoms with Crippen LogP contribution >= 0.6 is 11.5 Å². The number of aromatic nitrogens is 5. The van der Waals surface area contributed by atoms with Crippen molar-refractivity contribution >= 4 is 11.5 Å². The second-order valence-electron chi connectivity index (χ2n) is 5.28. The van der Waals surface area contributed by atoms with Crippen LogP contribution in [0.2, 0.25) is 0 Å². The van der Waals surface area contributed by atoms with Crippen molar-refractivity contribution in [2.75, 3.05) is 6.54 Å². The summed E-state index contributed by atoms with van der Waals surface area (Å²) < 4.78 is 5.45. The van der Waals surface area contributed by atoms with Crippen LogP contribution in [0.15, 0.2) is 35.3 Å². The Hall–Kier alpha value is -3.00. The van der Waals surface area contributed by atoms with Gasteiger partial charge in [-0.1, -0.05) is 6.92 Å². The summed E-state index contributed by atoms with van der Waals surface area (Å²) in [6.45, 7) is 2.46. The minimum Gasteiger partial charge on any atom is -0.377 e. The normalized spacial score (nSPS) is 11.9.